The molecule has 1 heterocycles. The Bertz CT molecular complexity index is 406. The fourth-order valence-corrected chi connectivity index (χ4v) is 2.59. The van der Waals surface area contributed by atoms with E-state index >= 15 is 0 Å². The molecule has 0 saturated carbocycles. The van der Waals surface area contributed by atoms with Crippen LogP contribution in [0.2, 0.25) is 0 Å². The summed E-state index contributed by atoms with van der Waals surface area (Å²) in [5.41, 5.74) is 3.94. The minimum absolute atomic E-state index is 0.229. The van der Waals surface area contributed by atoms with Crippen molar-refractivity contribution in [2.24, 2.45) is 0 Å². The third kappa shape index (κ3) is 2.86. The van der Waals surface area contributed by atoms with Gasteiger partial charge in [-0.05, 0) is 58.2 Å². The lowest BCUT2D eigenvalue weighted by Crippen LogP contribution is -2.27. The Morgan fingerprint density at radius 3 is 2.61 bits per heavy atom. The van der Waals surface area contributed by atoms with Crippen LogP contribution >= 0.6 is 0 Å². The second-order valence-corrected chi connectivity index (χ2v) is 5.59. The maximum atomic E-state index is 6.07. The van der Waals surface area contributed by atoms with Crippen LogP contribution in [0.3, 0.4) is 0 Å². The fraction of sp³-hybridized carbons (Fsp3) is 0.625. The molecule has 1 aliphatic heterocycles. The van der Waals surface area contributed by atoms with Gasteiger partial charge in [0.05, 0.1) is 6.10 Å². The lowest BCUT2D eigenvalue weighted by atomic mass is 9.93. The predicted molar refractivity (Wildman–Crippen MR) is 76.3 cm³/mol. The van der Waals surface area contributed by atoms with Crippen molar-refractivity contribution in [3.63, 3.8) is 0 Å². The Morgan fingerprint density at radius 1 is 1.22 bits per heavy atom. The quantitative estimate of drug-likeness (QED) is 0.874. The van der Waals surface area contributed by atoms with Crippen LogP contribution in [0.4, 0.5) is 0 Å². The molecule has 0 bridgehead atoms. The first-order valence-corrected chi connectivity index (χ1v) is 7.09. The van der Waals surface area contributed by atoms with Crippen molar-refractivity contribution in [3.8, 4) is 5.75 Å². The van der Waals surface area contributed by atoms with E-state index in [-0.39, 0.29) is 6.10 Å². The zero-order valence-corrected chi connectivity index (χ0v) is 12.0. The minimum atomic E-state index is 0.229. The highest BCUT2D eigenvalue weighted by atomic mass is 16.5. The maximum absolute atomic E-state index is 6.07. The molecular formula is C16H25NO. The molecule has 1 unspecified atom stereocenters. The molecule has 2 rings (SSSR count). The number of aryl methyl sites for hydroxylation is 1. The van der Waals surface area contributed by atoms with Gasteiger partial charge in [0.15, 0.2) is 0 Å². The van der Waals surface area contributed by atoms with Crippen LogP contribution in [0.15, 0.2) is 12.1 Å². The van der Waals surface area contributed by atoms with Crippen molar-refractivity contribution in [2.75, 3.05) is 6.54 Å². The van der Waals surface area contributed by atoms with Gasteiger partial charge in [0.2, 0.25) is 0 Å². The molecule has 0 aromatic heterocycles. The first-order valence-electron chi connectivity index (χ1n) is 7.09. The monoisotopic (exact) mass is 247 g/mol. The van der Waals surface area contributed by atoms with E-state index in [1.54, 1.807) is 0 Å². The van der Waals surface area contributed by atoms with Crippen molar-refractivity contribution in [1.29, 1.82) is 0 Å². The van der Waals surface area contributed by atoms with Crippen LogP contribution in [0.1, 0.15) is 55.8 Å². The van der Waals surface area contributed by atoms with Gasteiger partial charge in [-0.1, -0.05) is 18.6 Å². The SMILES string of the molecule is Cc1ccc(C2CCCCN2)c(OC(C)C)c1C. The van der Waals surface area contributed by atoms with E-state index in [0.717, 1.165) is 12.3 Å². The third-order valence-electron chi connectivity index (χ3n) is 3.75. The Labute approximate surface area is 111 Å². The highest BCUT2D eigenvalue weighted by Crippen LogP contribution is 2.35. The fourth-order valence-electron chi connectivity index (χ4n) is 2.59. The summed E-state index contributed by atoms with van der Waals surface area (Å²) in [4.78, 5) is 0. The minimum Gasteiger partial charge on any atom is -0.490 e. The van der Waals surface area contributed by atoms with Gasteiger partial charge in [-0.25, -0.2) is 0 Å². The second-order valence-electron chi connectivity index (χ2n) is 5.59. The molecule has 0 radical (unpaired) electrons. The van der Waals surface area contributed by atoms with Crippen LogP contribution in [0.25, 0.3) is 0 Å². The average molecular weight is 247 g/mol. The Hall–Kier alpha value is -1.02. The number of benzene rings is 1. The van der Waals surface area contributed by atoms with Crippen molar-refractivity contribution in [1.82, 2.24) is 5.32 Å². The van der Waals surface area contributed by atoms with Gasteiger partial charge in [-0.2, -0.15) is 0 Å². The van der Waals surface area contributed by atoms with E-state index in [4.69, 9.17) is 4.74 Å². The Balaban J connectivity index is 2.35. The predicted octanol–water partition coefficient (Wildman–Crippen LogP) is 3.91. The summed E-state index contributed by atoms with van der Waals surface area (Å²) in [7, 11) is 0. The first-order chi connectivity index (χ1) is 8.59. The van der Waals surface area contributed by atoms with Crippen LogP contribution in [0, 0.1) is 13.8 Å². The normalized spacial score (nSPS) is 20.2. The highest BCUT2D eigenvalue weighted by Gasteiger charge is 2.21. The molecule has 1 aromatic rings. The summed E-state index contributed by atoms with van der Waals surface area (Å²) in [5.74, 6) is 1.10. The summed E-state index contributed by atoms with van der Waals surface area (Å²) in [6.07, 6.45) is 4.05. The molecule has 1 aliphatic rings. The zero-order chi connectivity index (χ0) is 13.1. The summed E-state index contributed by atoms with van der Waals surface area (Å²) in [6.45, 7) is 9.64. The average Bonchev–Trinajstić information content (AvgIpc) is 2.36. The molecule has 1 aromatic carbocycles. The smallest absolute Gasteiger partial charge is 0.127 e. The van der Waals surface area contributed by atoms with Crippen molar-refractivity contribution in [3.05, 3.63) is 28.8 Å². The van der Waals surface area contributed by atoms with E-state index in [9.17, 15) is 0 Å². The van der Waals surface area contributed by atoms with Gasteiger partial charge in [0.1, 0.15) is 5.75 Å². The molecule has 1 fully saturated rings. The molecule has 0 spiro atoms. The van der Waals surface area contributed by atoms with E-state index in [1.165, 1.54) is 36.0 Å². The Kier molecular flexibility index (Phi) is 4.28. The standard InChI is InChI=1S/C16H25NO/c1-11(2)18-16-13(4)12(3)8-9-14(16)15-7-5-6-10-17-15/h8-9,11,15,17H,5-7,10H2,1-4H3. The molecule has 1 N–H and O–H groups in total. The lowest BCUT2D eigenvalue weighted by molar-refractivity contribution is 0.234. The zero-order valence-electron chi connectivity index (χ0n) is 12.0. The molecule has 1 atom stereocenters. The molecule has 0 amide bonds. The molecular weight excluding hydrogens is 222 g/mol. The summed E-state index contributed by atoms with van der Waals surface area (Å²) in [5, 5.41) is 3.62. The van der Waals surface area contributed by atoms with Crippen molar-refractivity contribution >= 4 is 0 Å². The van der Waals surface area contributed by atoms with Crippen LogP contribution in [-0.2, 0) is 0 Å². The van der Waals surface area contributed by atoms with Crippen LogP contribution in [-0.4, -0.2) is 12.6 Å². The summed E-state index contributed by atoms with van der Waals surface area (Å²) in [6, 6.07) is 4.92. The van der Waals surface area contributed by atoms with Crippen LogP contribution in [0.5, 0.6) is 5.75 Å². The summed E-state index contributed by atoms with van der Waals surface area (Å²) >= 11 is 0. The van der Waals surface area contributed by atoms with E-state index in [1.807, 2.05) is 0 Å². The van der Waals surface area contributed by atoms with Crippen molar-refractivity contribution in [2.45, 2.75) is 59.1 Å². The molecule has 0 aliphatic carbocycles. The highest BCUT2D eigenvalue weighted by molar-refractivity contribution is 5.47. The number of hydrogen-bond donors (Lipinski definition) is 1. The molecule has 2 heteroatoms. The molecule has 18 heavy (non-hydrogen) atoms. The van der Waals surface area contributed by atoms with Crippen LogP contribution < -0.4 is 10.1 Å². The number of rotatable bonds is 3. The first kappa shape index (κ1) is 13.4. The van der Waals surface area contributed by atoms with E-state index in [2.05, 4.69) is 45.1 Å². The number of hydrogen-bond acceptors (Lipinski definition) is 2. The molecule has 1 saturated heterocycles. The van der Waals surface area contributed by atoms with E-state index in [0.29, 0.717) is 6.04 Å². The van der Waals surface area contributed by atoms with Gasteiger partial charge in [0, 0.05) is 11.6 Å². The molecule has 100 valence electrons. The van der Waals surface area contributed by atoms with Gasteiger partial charge in [0.25, 0.3) is 0 Å². The van der Waals surface area contributed by atoms with Gasteiger partial charge in [-0.15, -0.1) is 0 Å². The second kappa shape index (κ2) is 5.75. The Morgan fingerprint density at radius 2 is 2.00 bits per heavy atom. The number of nitrogens with one attached hydrogen (secondary N) is 1. The third-order valence-corrected chi connectivity index (χ3v) is 3.75. The number of piperidine rings is 1. The largest absolute Gasteiger partial charge is 0.490 e. The number of ether oxygens (including phenoxy) is 1. The maximum Gasteiger partial charge on any atom is 0.127 e. The summed E-state index contributed by atoms with van der Waals surface area (Å²) < 4.78 is 6.07. The lowest BCUT2D eigenvalue weighted by Gasteiger charge is -2.27. The molecule has 2 nitrogen and oxygen atoms in total. The van der Waals surface area contributed by atoms with Crippen molar-refractivity contribution < 1.29 is 4.74 Å². The topological polar surface area (TPSA) is 21.3 Å². The van der Waals surface area contributed by atoms with Gasteiger partial charge < -0.3 is 10.1 Å². The van der Waals surface area contributed by atoms with E-state index < -0.39 is 0 Å². The van der Waals surface area contributed by atoms with Gasteiger partial charge in [-0.3, -0.25) is 0 Å². The van der Waals surface area contributed by atoms with Gasteiger partial charge >= 0.3 is 0 Å².